The molecule has 1 amide bonds. The summed E-state index contributed by atoms with van der Waals surface area (Å²) in [7, 11) is 0. The average Bonchev–Trinajstić information content (AvgIpc) is 3.36. The van der Waals surface area contributed by atoms with Crippen LogP contribution in [-0.2, 0) is 22.4 Å². The van der Waals surface area contributed by atoms with Crippen molar-refractivity contribution in [3.63, 3.8) is 0 Å². The van der Waals surface area contributed by atoms with Crippen LogP contribution in [-0.4, -0.2) is 63.4 Å². The van der Waals surface area contributed by atoms with Crippen molar-refractivity contribution in [3.8, 4) is 21.8 Å². The summed E-state index contributed by atoms with van der Waals surface area (Å²) in [5, 5.41) is 8.67. The molecule has 1 aliphatic heterocycles. The highest BCUT2D eigenvalue weighted by Gasteiger charge is 2.30. The molecule has 3 aromatic rings. The Morgan fingerprint density at radius 3 is 2.78 bits per heavy atom. The Labute approximate surface area is 191 Å². The topological polar surface area (TPSA) is 85.2 Å². The summed E-state index contributed by atoms with van der Waals surface area (Å²) in [5.74, 6) is -0.0259. The van der Waals surface area contributed by atoms with E-state index in [1.54, 1.807) is 11.3 Å². The molecule has 8 nitrogen and oxygen atoms in total. The van der Waals surface area contributed by atoms with Gasteiger partial charge in [-0.15, -0.1) is 0 Å². The smallest absolute Gasteiger partial charge is 0.240 e. The molecule has 5 rings (SSSR count). The first-order chi connectivity index (χ1) is 15.5. The Morgan fingerprint density at radius 2 is 2.06 bits per heavy atom. The molecule has 32 heavy (non-hydrogen) atoms. The average molecular weight is 453 g/mol. The van der Waals surface area contributed by atoms with Gasteiger partial charge in [0.15, 0.2) is 5.13 Å². The van der Waals surface area contributed by atoms with Gasteiger partial charge in [0, 0.05) is 42.1 Å². The summed E-state index contributed by atoms with van der Waals surface area (Å²) in [4.78, 5) is 25.0. The van der Waals surface area contributed by atoms with E-state index in [4.69, 9.17) is 14.8 Å². The number of amides is 1. The first-order valence-corrected chi connectivity index (χ1v) is 12.0. The molecule has 4 heterocycles. The predicted molar refractivity (Wildman–Crippen MR) is 125 cm³/mol. The molecule has 0 saturated carbocycles. The van der Waals surface area contributed by atoms with Gasteiger partial charge in [0.1, 0.15) is 0 Å². The van der Waals surface area contributed by atoms with Crippen LogP contribution < -0.4 is 5.32 Å². The van der Waals surface area contributed by atoms with Crippen LogP contribution in [0.1, 0.15) is 36.8 Å². The molecular weight excluding hydrogens is 424 g/mol. The summed E-state index contributed by atoms with van der Waals surface area (Å²) in [6, 6.07) is 4.33. The second-order valence-electron chi connectivity index (χ2n) is 8.63. The highest BCUT2D eigenvalue weighted by Crippen LogP contribution is 2.44. The van der Waals surface area contributed by atoms with Crippen molar-refractivity contribution in [3.05, 3.63) is 35.3 Å². The number of hydrogen-bond acceptors (Lipinski definition) is 7. The summed E-state index contributed by atoms with van der Waals surface area (Å²) >= 11 is 1.55. The maximum atomic E-state index is 12.6. The standard InChI is InChI=1S/C23H28N6O2S/c1-14(2)29-21-17(20(27-29)16-5-4-15(3)24-12-16)6-7-18-22(21)32-23(25-18)26-19(30)13-28-8-10-31-11-9-28/h4-5,12,14H,6-11,13H2,1-3H3,(H,25,26,30). The van der Waals surface area contributed by atoms with E-state index >= 15 is 0 Å². The summed E-state index contributed by atoms with van der Waals surface area (Å²) in [6.45, 7) is 9.58. The van der Waals surface area contributed by atoms with E-state index in [-0.39, 0.29) is 11.9 Å². The highest BCUT2D eigenvalue weighted by atomic mass is 32.1. The molecule has 1 saturated heterocycles. The molecule has 2 aliphatic rings. The number of thiazole rings is 1. The second kappa shape index (κ2) is 8.73. The molecule has 0 bridgehead atoms. The van der Waals surface area contributed by atoms with E-state index in [1.165, 1.54) is 5.56 Å². The van der Waals surface area contributed by atoms with Gasteiger partial charge in [-0.3, -0.25) is 19.4 Å². The first kappa shape index (κ1) is 21.2. The van der Waals surface area contributed by atoms with Gasteiger partial charge >= 0.3 is 0 Å². The summed E-state index contributed by atoms with van der Waals surface area (Å²) in [6.07, 6.45) is 3.62. The van der Waals surface area contributed by atoms with Gasteiger partial charge in [0.2, 0.25) is 5.91 Å². The van der Waals surface area contributed by atoms with Gasteiger partial charge in [-0.2, -0.15) is 5.10 Å². The molecule has 1 aliphatic carbocycles. The van der Waals surface area contributed by atoms with E-state index in [9.17, 15) is 4.79 Å². The predicted octanol–water partition coefficient (Wildman–Crippen LogP) is 3.33. The zero-order valence-corrected chi connectivity index (χ0v) is 19.5. The van der Waals surface area contributed by atoms with Gasteiger partial charge in [-0.1, -0.05) is 11.3 Å². The lowest BCUT2D eigenvalue weighted by Crippen LogP contribution is -2.41. The fraction of sp³-hybridized carbons (Fsp3) is 0.478. The number of anilines is 1. The third kappa shape index (κ3) is 4.07. The van der Waals surface area contributed by atoms with E-state index in [0.717, 1.165) is 59.1 Å². The monoisotopic (exact) mass is 452 g/mol. The zero-order valence-electron chi connectivity index (χ0n) is 18.7. The SMILES string of the molecule is Cc1ccc(-c2nn(C(C)C)c3c2CCc2nc(NC(=O)CN4CCOCC4)sc2-3)cn1. The fourth-order valence-corrected chi connectivity index (χ4v) is 5.38. The zero-order chi connectivity index (χ0) is 22.2. The molecule has 1 N–H and O–H groups in total. The number of pyridine rings is 1. The number of carbonyl (C=O) groups excluding carboxylic acids is 1. The van der Waals surface area contributed by atoms with Crippen molar-refractivity contribution >= 4 is 22.4 Å². The molecule has 0 spiro atoms. The number of carbonyl (C=O) groups is 1. The van der Waals surface area contributed by atoms with Crippen LogP contribution in [0.15, 0.2) is 18.3 Å². The maximum Gasteiger partial charge on any atom is 0.240 e. The quantitative estimate of drug-likeness (QED) is 0.639. The normalized spacial score (nSPS) is 16.1. The second-order valence-corrected chi connectivity index (χ2v) is 9.63. The van der Waals surface area contributed by atoms with Crippen molar-refractivity contribution in [1.29, 1.82) is 0 Å². The van der Waals surface area contributed by atoms with Gasteiger partial charge in [0.05, 0.1) is 41.7 Å². The minimum atomic E-state index is -0.0259. The molecule has 3 aromatic heterocycles. The number of rotatable bonds is 5. The summed E-state index contributed by atoms with van der Waals surface area (Å²) < 4.78 is 7.46. The van der Waals surface area contributed by atoms with Crippen LogP contribution in [0.3, 0.4) is 0 Å². The van der Waals surface area contributed by atoms with Gasteiger partial charge < -0.3 is 10.1 Å². The molecule has 9 heteroatoms. The number of hydrogen-bond donors (Lipinski definition) is 1. The lowest BCUT2D eigenvalue weighted by Gasteiger charge is -2.25. The molecular formula is C23H28N6O2S. The van der Waals surface area contributed by atoms with Crippen molar-refractivity contribution < 1.29 is 9.53 Å². The Hall–Kier alpha value is -2.62. The van der Waals surface area contributed by atoms with Crippen LogP contribution in [0.5, 0.6) is 0 Å². The van der Waals surface area contributed by atoms with Crippen molar-refractivity contribution in [1.82, 2.24) is 24.6 Å². The summed E-state index contributed by atoms with van der Waals surface area (Å²) in [5.41, 5.74) is 6.44. The Kier molecular flexibility index (Phi) is 5.79. The highest BCUT2D eigenvalue weighted by molar-refractivity contribution is 7.19. The van der Waals surface area contributed by atoms with Gasteiger partial charge in [-0.25, -0.2) is 4.98 Å². The first-order valence-electron chi connectivity index (χ1n) is 11.1. The number of nitrogens with zero attached hydrogens (tertiary/aromatic N) is 5. The number of morpholine rings is 1. The Balaban J connectivity index is 1.44. The Morgan fingerprint density at radius 1 is 1.25 bits per heavy atom. The van der Waals surface area contributed by atoms with Gasteiger partial charge in [-0.05, 0) is 45.7 Å². The molecule has 0 radical (unpaired) electrons. The fourth-order valence-electron chi connectivity index (χ4n) is 4.28. The van der Waals surface area contributed by atoms with Crippen LogP contribution in [0, 0.1) is 6.92 Å². The van der Waals surface area contributed by atoms with Crippen LogP contribution in [0.4, 0.5) is 5.13 Å². The molecule has 0 unspecified atom stereocenters. The molecule has 1 fully saturated rings. The number of nitrogens with one attached hydrogen (secondary N) is 1. The van der Waals surface area contributed by atoms with Crippen LogP contribution in [0.2, 0.25) is 0 Å². The van der Waals surface area contributed by atoms with Crippen molar-refractivity contribution in [2.45, 2.75) is 39.7 Å². The van der Waals surface area contributed by atoms with E-state index < -0.39 is 0 Å². The number of aryl methyl sites for hydroxylation is 2. The number of ether oxygens (including phenoxy) is 1. The maximum absolute atomic E-state index is 12.6. The molecule has 0 aromatic carbocycles. The van der Waals surface area contributed by atoms with Crippen molar-refractivity contribution in [2.24, 2.45) is 0 Å². The number of aromatic nitrogens is 4. The largest absolute Gasteiger partial charge is 0.379 e. The Bertz CT molecular complexity index is 1130. The minimum Gasteiger partial charge on any atom is -0.379 e. The van der Waals surface area contributed by atoms with E-state index in [2.05, 4.69) is 39.8 Å². The van der Waals surface area contributed by atoms with E-state index in [1.807, 2.05) is 19.2 Å². The molecule has 168 valence electrons. The van der Waals surface area contributed by atoms with E-state index in [0.29, 0.717) is 24.9 Å². The van der Waals surface area contributed by atoms with Gasteiger partial charge in [0.25, 0.3) is 0 Å². The van der Waals surface area contributed by atoms with Crippen LogP contribution in [0.25, 0.3) is 21.8 Å². The van der Waals surface area contributed by atoms with Crippen molar-refractivity contribution in [2.75, 3.05) is 38.2 Å². The number of fused-ring (bicyclic) bond motifs is 3. The van der Waals surface area contributed by atoms with Crippen LogP contribution >= 0.6 is 11.3 Å². The minimum absolute atomic E-state index is 0.0259. The lowest BCUT2D eigenvalue weighted by atomic mass is 9.95. The lowest BCUT2D eigenvalue weighted by molar-refractivity contribution is -0.118. The third-order valence-electron chi connectivity index (χ3n) is 5.92. The third-order valence-corrected chi connectivity index (χ3v) is 6.94. The molecule has 0 atom stereocenters.